The molecule has 0 atom stereocenters. The van der Waals surface area contributed by atoms with Gasteiger partial charge in [-0.15, -0.1) is 0 Å². The van der Waals surface area contributed by atoms with E-state index >= 15 is 0 Å². The highest BCUT2D eigenvalue weighted by molar-refractivity contribution is 5.84. The summed E-state index contributed by atoms with van der Waals surface area (Å²) in [5.74, 6) is 0.101. The lowest BCUT2D eigenvalue weighted by Crippen LogP contribution is -2.10. The van der Waals surface area contributed by atoms with Crippen LogP contribution in [0, 0.1) is 11.6 Å². The average molecular weight is 618 g/mol. The van der Waals surface area contributed by atoms with E-state index in [1.165, 1.54) is 24.3 Å². The molecule has 0 aliphatic heterocycles. The SMILES string of the molecule is COc1ccc(N(C=C(c2ccc(F)cc2)c2ccc(F)cc2)c2ccc(/C=C/C=C(c3ccccc3)c3ccccc3)cc2)cc1. The van der Waals surface area contributed by atoms with Crippen LogP contribution < -0.4 is 9.64 Å². The van der Waals surface area contributed by atoms with Gasteiger partial charge in [-0.1, -0.05) is 115 Å². The minimum atomic E-state index is -0.322. The van der Waals surface area contributed by atoms with Crippen LogP contribution in [0.15, 0.2) is 176 Å². The number of rotatable bonds is 10. The fourth-order valence-electron chi connectivity index (χ4n) is 5.34. The molecule has 0 unspecified atom stereocenters. The van der Waals surface area contributed by atoms with Gasteiger partial charge in [-0.05, 0) is 94.1 Å². The Kier molecular flexibility index (Phi) is 9.80. The monoisotopic (exact) mass is 617 g/mol. The quantitative estimate of drug-likeness (QED) is 0.142. The second-order valence-electron chi connectivity index (χ2n) is 10.9. The van der Waals surface area contributed by atoms with Crippen molar-refractivity contribution >= 4 is 28.6 Å². The Morgan fingerprint density at radius 3 is 1.43 bits per heavy atom. The predicted molar refractivity (Wildman–Crippen MR) is 190 cm³/mol. The summed E-state index contributed by atoms with van der Waals surface area (Å²) in [7, 11) is 1.64. The van der Waals surface area contributed by atoms with Crippen LogP contribution in [-0.4, -0.2) is 7.11 Å². The zero-order valence-corrected chi connectivity index (χ0v) is 25.9. The Hall–Kier alpha value is -6.00. The molecular formula is C43H33F2NO. The van der Waals surface area contributed by atoms with Crippen LogP contribution in [-0.2, 0) is 0 Å². The topological polar surface area (TPSA) is 12.5 Å². The lowest BCUT2D eigenvalue weighted by Gasteiger charge is -2.24. The molecule has 0 spiro atoms. The maximum Gasteiger partial charge on any atom is 0.123 e. The van der Waals surface area contributed by atoms with Crippen LogP contribution >= 0.6 is 0 Å². The molecule has 2 nitrogen and oxygen atoms in total. The molecule has 4 heteroatoms. The zero-order valence-electron chi connectivity index (χ0n) is 25.9. The summed E-state index contributed by atoms with van der Waals surface area (Å²) in [6.45, 7) is 0. The second-order valence-corrected chi connectivity index (χ2v) is 10.9. The molecule has 0 heterocycles. The molecule has 6 aromatic carbocycles. The van der Waals surface area contributed by atoms with Crippen molar-refractivity contribution in [3.63, 3.8) is 0 Å². The van der Waals surface area contributed by atoms with E-state index in [-0.39, 0.29) is 11.6 Å². The first-order valence-electron chi connectivity index (χ1n) is 15.3. The summed E-state index contributed by atoms with van der Waals surface area (Å²) in [4.78, 5) is 2.07. The van der Waals surface area contributed by atoms with Gasteiger partial charge in [0.1, 0.15) is 17.4 Å². The number of hydrogen-bond acceptors (Lipinski definition) is 2. The summed E-state index contributed by atoms with van der Waals surface area (Å²) in [5, 5.41) is 0. The van der Waals surface area contributed by atoms with E-state index < -0.39 is 0 Å². The van der Waals surface area contributed by atoms with Crippen LogP contribution in [0.4, 0.5) is 20.2 Å². The van der Waals surface area contributed by atoms with Gasteiger partial charge in [0.2, 0.25) is 0 Å². The van der Waals surface area contributed by atoms with Gasteiger partial charge in [0.25, 0.3) is 0 Å². The molecule has 0 saturated heterocycles. The average Bonchev–Trinajstić information content (AvgIpc) is 3.13. The third kappa shape index (κ3) is 7.81. The number of anilines is 2. The Morgan fingerprint density at radius 2 is 0.957 bits per heavy atom. The van der Waals surface area contributed by atoms with E-state index in [1.807, 2.05) is 42.6 Å². The number of benzene rings is 6. The Balaban J connectivity index is 1.37. The van der Waals surface area contributed by atoms with Gasteiger partial charge in [-0.2, -0.15) is 0 Å². The van der Waals surface area contributed by atoms with Crippen molar-refractivity contribution in [2.24, 2.45) is 0 Å². The predicted octanol–water partition coefficient (Wildman–Crippen LogP) is 11.3. The first-order chi connectivity index (χ1) is 23.1. The summed E-state index contributed by atoms with van der Waals surface area (Å²) in [6, 6.07) is 49.4. The van der Waals surface area contributed by atoms with Gasteiger partial charge in [0.15, 0.2) is 0 Å². The fraction of sp³-hybridized carbons (Fsp3) is 0.0233. The fourth-order valence-corrected chi connectivity index (χ4v) is 5.34. The molecule has 6 aromatic rings. The molecule has 0 aliphatic rings. The number of methoxy groups -OCH3 is 1. The van der Waals surface area contributed by atoms with Crippen molar-refractivity contribution < 1.29 is 13.5 Å². The molecule has 6 rings (SSSR count). The molecule has 0 aromatic heterocycles. The van der Waals surface area contributed by atoms with E-state index in [4.69, 9.17) is 4.74 Å². The maximum absolute atomic E-state index is 13.9. The van der Waals surface area contributed by atoms with Gasteiger partial charge in [-0.25, -0.2) is 8.78 Å². The summed E-state index contributed by atoms with van der Waals surface area (Å²) in [5.41, 5.74) is 8.71. The van der Waals surface area contributed by atoms with Crippen molar-refractivity contribution in [2.75, 3.05) is 12.0 Å². The Bertz CT molecular complexity index is 1890. The minimum absolute atomic E-state index is 0.322. The van der Waals surface area contributed by atoms with E-state index in [0.717, 1.165) is 56.1 Å². The Morgan fingerprint density at radius 1 is 0.511 bits per heavy atom. The zero-order chi connectivity index (χ0) is 32.4. The molecule has 0 fully saturated rings. The van der Waals surface area contributed by atoms with E-state index in [2.05, 4.69) is 95.9 Å². The molecule has 47 heavy (non-hydrogen) atoms. The number of allylic oxidation sites excluding steroid dienone is 2. The van der Waals surface area contributed by atoms with Gasteiger partial charge in [-0.3, -0.25) is 0 Å². The smallest absolute Gasteiger partial charge is 0.123 e. The normalized spacial score (nSPS) is 10.8. The summed E-state index contributed by atoms with van der Waals surface area (Å²) in [6.07, 6.45) is 8.31. The second kappa shape index (κ2) is 14.9. The number of ether oxygens (including phenoxy) is 1. The first-order valence-corrected chi connectivity index (χ1v) is 15.3. The van der Waals surface area contributed by atoms with E-state index in [9.17, 15) is 8.78 Å². The summed E-state index contributed by atoms with van der Waals surface area (Å²) >= 11 is 0. The van der Waals surface area contributed by atoms with Crippen LogP contribution in [0.3, 0.4) is 0 Å². The van der Waals surface area contributed by atoms with Crippen molar-refractivity contribution in [3.8, 4) is 5.75 Å². The van der Waals surface area contributed by atoms with E-state index in [1.54, 1.807) is 31.4 Å². The highest BCUT2D eigenvalue weighted by atomic mass is 19.1. The van der Waals surface area contributed by atoms with Crippen LogP contribution in [0.25, 0.3) is 17.2 Å². The molecule has 0 amide bonds. The molecule has 0 radical (unpaired) electrons. The van der Waals surface area contributed by atoms with Crippen molar-refractivity contribution in [3.05, 3.63) is 216 Å². The number of halogens is 2. The van der Waals surface area contributed by atoms with Gasteiger partial charge in [0, 0.05) is 23.1 Å². The third-order valence-electron chi connectivity index (χ3n) is 7.81. The van der Waals surface area contributed by atoms with Gasteiger partial charge in [0.05, 0.1) is 7.11 Å². The molecule has 0 saturated carbocycles. The van der Waals surface area contributed by atoms with Crippen LogP contribution in [0.5, 0.6) is 5.75 Å². The first kappa shape index (κ1) is 31.0. The molecule has 0 N–H and O–H groups in total. The van der Waals surface area contributed by atoms with Crippen molar-refractivity contribution in [1.82, 2.24) is 0 Å². The summed E-state index contributed by atoms with van der Waals surface area (Å²) < 4.78 is 33.2. The largest absolute Gasteiger partial charge is 0.497 e. The molecule has 0 aliphatic carbocycles. The number of nitrogens with zero attached hydrogens (tertiary/aromatic N) is 1. The number of hydrogen-bond donors (Lipinski definition) is 0. The van der Waals surface area contributed by atoms with Crippen molar-refractivity contribution in [1.29, 1.82) is 0 Å². The molecule has 0 bridgehead atoms. The third-order valence-corrected chi connectivity index (χ3v) is 7.81. The van der Waals surface area contributed by atoms with Crippen LogP contribution in [0.2, 0.25) is 0 Å². The minimum Gasteiger partial charge on any atom is -0.497 e. The molecular weight excluding hydrogens is 584 g/mol. The van der Waals surface area contributed by atoms with Gasteiger partial charge < -0.3 is 9.64 Å². The molecule has 230 valence electrons. The van der Waals surface area contributed by atoms with E-state index in [0.29, 0.717) is 0 Å². The highest BCUT2D eigenvalue weighted by Gasteiger charge is 2.13. The lowest BCUT2D eigenvalue weighted by atomic mass is 9.97. The highest BCUT2D eigenvalue weighted by Crippen LogP contribution is 2.33. The van der Waals surface area contributed by atoms with Gasteiger partial charge >= 0.3 is 0 Å². The Labute approximate surface area is 274 Å². The maximum atomic E-state index is 13.9. The van der Waals surface area contributed by atoms with Crippen molar-refractivity contribution in [2.45, 2.75) is 0 Å². The standard InChI is InChI=1S/C43H33F2NO/c1-47-41-29-27-40(28-30-41)46(31-43(35-17-21-37(44)22-18-35)36-19-23-38(45)24-20-36)39-25-15-32(16-26-39)9-8-14-42(33-10-4-2-5-11-33)34-12-6-3-7-13-34/h2-31H,1H3/b9-8+. The van der Waals surface area contributed by atoms with Crippen LogP contribution in [0.1, 0.15) is 27.8 Å². The lowest BCUT2D eigenvalue weighted by molar-refractivity contribution is 0.415.